The molecule has 150 valence electrons. The molecular formula is C18H22N4O5S. The molecule has 2 N–H and O–H groups in total. The van der Waals surface area contributed by atoms with Crippen molar-refractivity contribution in [2.75, 3.05) is 27.7 Å². The van der Waals surface area contributed by atoms with Gasteiger partial charge in [-0.2, -0.15) is 0 Å². The molecule has 0 fully saturated rings. The molecule has 0 unspecified atom stereocenters. The van der Waals surface area contributed by atoms with Crippen LogP contribution in [0.4, 0.5) is 0 Å². The maximum absolute atomic E-state index is 12.2. The molecule has 0 aliphatic carbocycles. The van der Waals surface area contributed by atoms with Gasteiger partial charge >= 0.3 is 0 Å². The number of carbonyl (C=O) groups is 2. The summed E-state index contributed by atoms with van der Waals surface area (Å²) in [5.74, 6) is -0.495. The minimum absolute atomic E-state index is 0.00114. The number of rotatable bonds is 8. The summed E-state index contributed by atoms with van der Waals surface area (Å²) in [5.41, 5.74) is 0.947. The van der Waals surface area contributed by atoms with E-state index in [1.807, 2.05) is 0 Å². The number of pyridine rings is 1. The highest BCUT2D eigenvalue weighted by atomic mass is 32.2. The number of aromatic nitrogens is 1. The predicted octanol–water partition coefficient (Wildman–Crippen LogP) is 0.387. The summed E-state index contributed by atoms with van der Waals surface area (Å²) in [4.78, 5) is 28.2. The lowest BCUT2D eigenvalue weighted by Gasteiger charge is -2.12. The van der Waals surface area contributed by atoms with E-state index in [0.717, 1.165) is 9.87 Å². The smallest absolute Gasteiger partial charge is 0.251 e. The first kappa shape index (κ1) is 21.3. The quantitative estimate of drug-likeness (QED) is 0.655. The summed E-state index contributed by atoms with van der Waals surface area (Å²) < 4.78 is 30.4. The molecule has 0 aliphatic heterocycles. The monoisotopic (exact) mass is 406 g/mol. The van der Waals surface area contributed by atoms with Crippen molar-refractivity contribution >= 4 is 21.8 Å². The lowest BCUT2D eigenvalue weighted by Crippen LogP contribution is -2.36. The molecule has 0 saturated heterocycles. The molecule has 1 heterocycles. The van der Waals surface area contributed by atoms with Crippen LogP contribution in [-0.4, -0.2) is 57.3 Å². The third kappa shape index (κ3) is 5.51. The Bertz CT molecular complexity index is 960. The van der Waals surface area contributed by atoms with Crippen LogP contribution in [0.15, 0.2) is 47.5 Å². The number of methoxy groups -OCH3 is 1. The highest BCUT2D eigenvalue weighted by Crippen LogP contribution is 2.14. The molecule has 0 radical (unpaired) electrons. The van der Waals surface area contributed by atoms with Crippen LogP contribution >= 0.6 is 0 Å². The number of hydrogen-bond acceptors (Lipinski definition) is 6. The fourth-order valence-corrected chi connectivity index (χ4v) is 3.15. The molecule has 0 aliphatic rings. The molecule has 0 spiro atoms. The minimum Gasteiger partial charge on any atom is -0.481 e. The number of benzene rings is 1. The molecule has 10 heteroatoms. The molecule has 1 aromatic carbocycles. The van der Waals surface area contributed by atoms with Crippen molar-refractivity contribution in [1.82, 2.24) is 19.9 Å². The number of nitrogens with zero attached hydrogens (tertiary/aromatic N) is 2. The van der Waals surface area contributed by atoms with Gasteiger partial charge in [0.05, 0.1) is 18.6 Å². The Morgan fingerprint density at radius 2 is 1.89 bits per heavy atom. The number of ether oxygens (including phenoxy) is 1. The fourth-order valence-electron chi connectivity index (χ4n) is 2.21. The van der Waals surface area contributed by atoms with Gasteiger partial charge in [0.25, 0.3) is 5.91 Å². The van der Waals surface area contributed by atoms with Gasteiger partial charge in [-0.05, 0) is 29.8 Å². The van der Waals surface area contributed by atoms with Crippen molar-refractivity contribution < 1.29 is 22.7 Å². The third-order valence-corrected chi connectivity index (χ3v) is 5.59. The van der Waals surface area contributed by atoms with Gasteiger partial charge in [-0.3, -0.25) is 9.59 Å². The Hall–Kier alpha value is -2.98. The number of sulfonamides is 1. The zero-order chi connectivity index (χ0) is 20.7. The van der Waals surface area contributed by atoms with Crippen molar-refractivity contribution in [1.29, 1.82) is 0 Å². The topological polar surface area (TPSA) is 118 Å². The van der Waals surface area contributed by atoms with Gasteiger partial charge in [0.2, 0.25) is 21.8 Å². The van der Waals surface area contributed by atoms with Crippen LogP contribution in [0.5, 0.6) is 5.88 Å². The SMILES string of the molecule is COc1cc(CNC(=O)CNC(=O)c2cccc(S(=O)(=O)N(C)C)c2)ccn1. The summed E-state index contributed by atoms with van der Waals surface area (Å²) >= 11 is 0. The Morgan fingerprint density at radius 1 is 1.14 bits per heavy atom. The van der Waals surface area contributed by atoms with Crippen molar-refractivity contribution in [2.45, 2.75) is 11.4 Å². The first-order chi connectivity index (χ1) is 13.2. The minimum atomic E-state index is -3.65. The van der Waals surface area contributed by atoms with E-state index in [4.69, 9.17) is 4.74 Å². The molecule has 0 atom stereocenters. The van der Waals surface area contributed by atoms with Crippen LogP contribution < -0.4 is 15.4 Å². The Labute approximate surface area is 163 Å². The van der Waals surface area contributed by atoms with Crippen LogP contribution in [0.1, 0.15) is 15.9 Å². The number of hydrogen-bond donors (Lipinski definition) is 2. The van der Waals surface area contributed by atoms with Crippen LogP contribution in [-0.2, 0) is 21.4 Å². The zero-order valence-electron chi connectivity index (χ0n) is 15.8. The third-order valence-electron chi connectivity index (χ3n) is 3.78. The van der Waals surface area contributed by atoms with Gasteiger partial charge < -0.3 is 15.4 Å². The van der Waals surface area contributed by atoms with E-state index in [-0.39, 0.29) is 29.5 Å². The molecule has 28 heavy (non-hydrogen) atoms. The van der Waals surface area contributed by atoms with Gasteiger partial charge in [0.15, 0.2) is 0 Å². The van der Waals surface area contributed by atoms with E-state index in [9.17, 15) is 18.0 Å². The first-order valence-corrected chi connectivity index (χ1v) is 9.74. The number of carbonyl (C=O) groups excluding carboxylic acids is 2. The zero-order valence-corrected chi connectivity index (χ0v) is 16.6. The number of amides is 2. The molecule has 2 rings (SSSR count). The van der Waals surface area contributed by atoms with Crippen LogP contribution in [0.3, 0.4) is 0 Å². The van der Waals surface area contributed by atoms with E-state index in [2.05, 4.69) is 15.6 Å². The largest absolute Gasteiger partial charge is 0.481 e. The van der Waals surface area contributed by atoms with E-state index in [1.54, 1.807) is 18.3 Å². The van der Waals surface area contributed by atoms with E-state index in [1.165, 1.54) is 45.5 Å². The van der Waals surface area contributed by atoms with Crippen LogP contribution in [0.2, 0.25) is 0 Å². The van der Waals surface area contributed by atoms with Crippen LogP contribution in [0.25, 0.3) is 0 Å². The highest BCUT2D eigenvalue weighted by molar-refractivity contribution is 7.89. The van der Waals surface area contributed by atoms with E-state index < -0.39 is 15.9 Å². The average Bonchev–Trinajstić information content (AvgIpc) is 2.70. The van der Waals surface area contributed by atoms with Gasteiger partial charge in [-0.25, -0.2) is 17.7 Å². The van der Waals surface area contributed by atoms with Gasteiger partial charge in [0, 0.05) is 38.5 Å². The van der Waals surface area contributed by atoms with Gasteiger partial charge in [-0.15, -0.1) is 0 Å². The van der Waals surface area contributed by atoms with Crippen molar-refractivity contribution in [3.05, 3.63) is 53.7 Å². The second kappa shape index (κ2) is 9.29. The molecule has 9 nitrogen and oxygen atoms in total. The molecule has 2 aromatic rings. The van der Waals surface area contributed by atoms with Crippen molar-refractivity contribution in [3.63, 3.8) is 0 Å². The molecular weight excluding hydrogens is 384 g/mol. The van der Waals surface area contributed by atoms with E-state index in [0.29, 0.717) is 5.88 Å². The summed E-state index contributed by atoms with van der Waals surface area (Å²) in [6.45, 7) is 0.00978. The second-order valence-electron chi connectivity index (χ2n) is 5.98. The summed E-state index contributed by atoms with van der Waals surface area (Å²) in [6, 6.07) is 9.05. The standard InChI is InChI=1S/C18H22N4O5S/c1-22(2)28(25,26)15-6-4-5-14(10-15)18(24)21-12-16(23)20-11-13-7-8-19-17(9-13)27-3/h4-10H,11-12H2,1-3H3,(H,20,23)(H,21,24). The highest BCUT2D eigenvalue weighted by Gasteiger charge is 2.18. The second-order valence-corrected chi connectivity index (χ2v) is 8.13. The van der Waals surface area contributed by atoms with E-state index >= 15 is 0 Å². The maximum atomic E-state index is 12.2. The van der Waals surface area contributed by atoms with Crippen molar-refractivity contribution in [2.24, 2.45) is 0 Å². The Balaban J connectivity index is 1.92. The molecule has 0 bridgehead atoms. The Kier molecular flexibility index (Phi) is 7.07. The van der Waals surface area contributed by atoms with Crippen molar-refractivity contribution in [3.8, 4) is 5.88 Å². The fraction of sp³-hybridized carbons (Fsp3) is 0.278. The lowest BCUT2D eigenvalue weighted by molar-refractivity contribution is -0.120. The molecule has 1 aromatic heterocycles. The van der Waals surface area contributed by atoms with Gasteiger partial charge in [-0.1, -0.05) is 6.07 Å². The average molecular weight is 406 g/mol. The van der Waals surface area contributed by atoms with Crippen LogP contribution in [0, 0.1) is 0 Å². The maximum Gasteiger partial charge on any atom is 0.251 e. The summed E-state index contributed by atoms with van der Waals surface area (Å²) in [7, 11) is 0.664. The molecule has 2 amide bonds. The lowest BCUT2D eigenvalue weighted by atomic mass is 10.2. The van der Waals surface area contributed by atoms with Gasteiger partial charge in [0.1, 0.15) is 0 Å². The summed E-state index contributed by atoms with van der Waals surface area (Å²) in [5, 5.41) is 5.14. The Morgan fingerprint density at radius 3 is 2.57 bits per heavy atom. The predicted molar refractivity (Wildman–Crippen MR) is 102 cm³/mol. The normalized spacial score (nSPS) is 11.1. The molecule has 0 saturated carbocycles. The number of nitrogens with one attached hydrogen (secondary N) is 2. The summed E-state index contributed by atoms with van der Waals surface area (Å²) in [6.07, 6.45) is 1.57. The first-order valence-electron chi connectivity index (χ1n) is 8.30.